The van der Waals surface area contributed by atoms with Gasteiger partial charge in [-0.15, -0.1) is 0 Å². The first-order chi connectivity index (χ1) is 11.0. The lowest BCUT2D eigenvalue weighted by atomic mass is 10.1. The van der Waals surface area contributed by atoms with Gasteiger partial charge in [-0.25, -0.2) is 0 Å². The van der Waals surface area contributed by atoms with Gasteiger partial charge in [0.15, 0.2) is 0 Å². The Morgan fingerprint density at radius 3 is 2.22 bits per heavy atom. The monoisotopic (exact) mass is 349 g/mol. The highest BCUT2D eigenvalue weighted by Crippen LogP contribution is 2.28. The molecule has 4 nitrogen and oxygen atoms in total. The zero-order chi connectivity index (χ0) is 16.4. The molecule has 0 atom stereocenters. The summed E-state index contributed by atoms with van der Waals surface area (Å²) in [5.74, 6) is 0.0321. The van der Waals surface area contributed by atoms with E-state index < -0.39 is 0 Å². The molecule has 1 saturated heterocycles. The van der Waals surface area contributed by atoms with E-state index in [-0.39, 0.29) is 5.91 Å². The summed E-state index contributed by atoms with van der Waals surface area (Å²) in [7, 11) is 0. The molecule has 0 saturated carbocycles. The van der Waals surface area contributed by atoms with Crippen molar-refractivity contribution >= 4 is 40.5 Å². The largest absolute Gasteiger partial charge is 0.399 e. The van der Waals surface area contributed by atoms with Crippen LogP contribution in [0.1, 0.15) is 10.4 Å². The number of hydrogen-bond acceptors (Lipinski definition) is 3. The van der Waals surface area contributed by atoms with Crippen LogP contribution in [0.25, 0.3) is 0 Å². The predicted molar refractivity (Wildman–Crippen MR) is 95.4 cm³/mol. The number of benzene rings is 2. The Morgan fingerprint density at radius 1 is 0.957 bits per heavy atom. The van der Waals surface area contributed by atoms with Crippen LogP contribution in [0.3, 0.4) is 0 Å². The van der Waals surface area contributed by atoms with Crippen LogP contribution >= 0.6 is 23.2 Å². The normalized spacial score (nSPS) is 14.9. The molecular formula is C17H17Cl2N3O. The molecule has 0 radical (unpaired) electrons. The number of anilines is 2. The molecule has 1 amide bonds. The number of hydrogen-bond donors (Lipinski definition) is 1. The Hall–Kier alpha value is -1.91. The number of carbonyl (C=O) groups excluding carboxylic acids is 1. The van der Waals surface area contributed by atoms with Crippen molar-refractivity contribution in [3.63, 3.8) is 0 Å². The molecule has 120 valence electrons. The molecule has 3 rings (SSSR count). The zero-order valence-corrected chi connectivity index (χ0v) is 14.0. The average Bonchev–Trinajstić information content (AvgIpc) is 2.55. The number of piperazine rings is 1. The minimum absolute atomic E-state index is 0.0321. The molecule has 1 fully saturated rings. The third kappa shape index (κ3) is 3.54. The third-order valence-electron chi connectivity index (χ3n) is 3.97. The molecule has 2 aromatic carbocycles. The van der Waals surface area contributed by atoms with Gasteiger partial charge in [0.05, 0.1) is 10.7 Å². The van der Waals surface area contributed by atoms with Gasteiger partial charge in [0, 0.05) is 42.5 Å². The number of nitrogen functional groups attached to an aromatic ring is 1. The molecule has 0 bridgehead atoms. The Balaban J connectivity index is 1.66. The van der Waals surface area contributed by atoms with Crippen molar-refractivity contribution in [3.8, 4) is 0 Å². The maximum Gasteiger partial charge on any atom is 0.253 e. The minimum Gasteiger partial charge on any atom is -0.399 e. The van der Waals surface area contributed by atoms with Crippen molar-refractivity contribution in [2.24, 2.45) is 0 Å². The van der Waals surface area contributed by atoms with Crippen LogP contribution in [0.2, 0.25) is 10.0 Å². The predicted octanol–water partition coefficient (Wildman–Crippen LogP) is 3.54. The fourth-order valence-electron chi connectivity index (χ4n) is 2.71. The quantitative estimate of drug-likeness (QED) is 0.843. The summed E-state index contributed by atoms with van der Waals surface area (Å²) in [6.45, 7) is 2.79. The average molecular weight is 350 g/mol. The van der Waals surface area contributed by atoms with Crippen LogP contribution in [0.4, 0.5) is 11.4 Å². The van der Waals surface area contributed by atoms with Gasteiger partial charge in [-0.05, 0) is 42.5 Å². The molecule has 2 aromatic rings. The molecule has 0 aromatic heterocycles. The van der Waals surface area contributed by atoms with Gasteiger partial charge in [-0.3, -0.25) is 4.79 Å². The number of amides is 1. The summed E-state index contributed by atoms with van der Waals surface area (Å²) < 4.78 is 0. The molecule has 2 N–H and O–H groups in total. The zero-order valence-electron chi connectivity index (χ0n) is 12.5. The maximum absolute atomic E-state index is 12.5. The van der Waals surface area contributed by atoms with Gasteiger partial charge in [0.25, 0.3) is 5.91 Å². The van der Waals surface area contributed by atoms with E-state index in [0.717, 1.165) is 18.8 Å². The van der Waals surface area contributed by atoms with Crippen molar-refractivity contribution in [1.82, 2.24) is 4.90 Å². The number of nitrogens with two attached hydrogens (primary N) is 1. The third-order valence-corrected chi connectivity index (χ3v) is 4.53. The van der Waals surface area contributed by atoms with Crippen molar-refractivity contribution in [3.05, 3.63) is 58.1 Å². The Bertz CT molecular complexity index is 710. The molecular weight excluding hydrogens is 333 g/mol. The van der Waals surface area contributed by atoms with Crippen LogP contribution in [-0.4, -0.2) is 37.0 Å². The fourth-order valence-corrected chi connectivity index (χ4v) is 3.14. The Labute approximate surface area is 145 Å². The minimum atomic E-state index is 0.0321. The van der Waals surface area contributed by atoms with Gasteiger partial charge in [0.1, 0.15) is 0 Å². The van der Waals surface area contributed by atoms with Gasteiger partial charge >= 0.3 is 0 Å². The van der Waals surface area contributed by atoms with Gasteiger partial charge in [-0.2, -0.15) is 0 Å². The molecule has 0 spiro atoms. The van der Waals surface area contributed by atoms with E-state index in [1.54, 1.807) is 30.3 Å². The van der Waals surface area contributed by atoms with Crippen LogP contribution in [0, 0.1) is 0 Å². The molecule has 0 unspecified atom stereocenters. The number of rotatable bonds is 2. The molecule has 0 aliphatic carbocycles. The first-order valence-corrected chi connectivity index (χ1v) is 8.15. The Morgan fingerprint density at radius 2 is 1.61 bits per heavy atom. The standard InChI is InChI=1S/C17H17Cl2N3O/c18-13-3-1-12(2-4-13)17(23)22-9-7-21(8-10-22)16-6-5-14(20)11-15(16)19/h1-6,11H,7-10,20H2. The van der Waals surface area contributed by atoms with E-state index in [9.17, 15) is 4.79 Å². The highest BCUT2D eigenvalue weighted by Gasteiger charge is 2.23. The van der Waals surface area contributed by atoms with E-state index in [1.807, 2.05) is 17.0 Å². The van der Waals surface area contributed by atoms with E-state index in [4.69, 9.17) is 28.9 Å². The second-order valence-electron chi connectivity index (χ2n) is 5.50. The van der Waals surface area contributed by atoms with E-state index in [0.29, 0.717) is 34.4 Å². The summed E-state index contributed by atoms with van der Waals surface area (Å²) in [4.78, 5) is 16.5. The van der Waals surface area contributed by atoms with Crippen LogP contribution in [-0.2, 0) is 0 Å². The van der Waals surface area contributed by atoms with E-state index in [2.05, 4.69) is 4.90 Å². The second-order valence-corrected chi connectivity index (χ2v) is 6.34. The Kier molecular flexibility index (Phi) is 4.64. The van der Waals surface area contributed by atoms with E-state index >= 15 is 0 Å². The summed E-state index contributed by atoms with van der Waals surface area (Å²) in [5.41, 5.74) is 8.00. The lowest BCUT2D eigenvalue weighted by molar-refractivity contribution is 0.0747. The van der Waals surface area contributed by atoms with Crippen molar-refractivity contribution in [2.75, 3.05) is 36.8 Å². The lowest BCUT2D eigenvalue weighted by Gasteiger charge is -2.36. The van der Waals surface area contributed by atoms with Crippen molar-refractivity contribution in [2.45, 2.75) is 0 Å². The number of halogens is 2. The number of carbonyl (C=O) groups is 1. The molecule has 1 aliphatic heterocycles. The van der Waals surface area contributed by atoms with Gasteiger partial charge < -0.3 is 15.5 Å². The SMILES string of the molecule is Nc1ccc(N2CCN(C(=O)c3ccc(Cl)cc3)CC2)c(Cl)c1. The van der Waals surface area contributed by atoms with Crippen LogP contribution in [0.5, 0.6) is 0 Å². The number of nitrogens with zero attached hydrogens (tertiary/aromatic N) is 2. The summed E-state index contributed by atoms with van der Waals surface area (Å²) in [5, 5.41) is 1.27. The smallest absolute Gasteiger partial charge is 0.253 e. The van der Waals surface area contributed by atoms with E-state index in [1.165, 1.54) is 0 Å². The molecule has 1 heterocycles. The van der Waals surface area contributed by atoms with Crippen molar-refractivity contribution in [1.29, 1.82) is 0 Å². The highest BCUT2D eigenvalue weighted by atomic mass is 35.5. The summed E-state index contributed by atoms with van der Waals surface area (Å²) in [6.07, 6.45) is 0. The van der Waals surface area contributed by atoms with Crippen molar-refractivity contribution < 1.29 is 4.79 Å². The van der Waals surface area contributed by atoms with Crippen LogP contribution < -0.4 is 10.6 Å². The highest BCUT2D eigenvalue weighted by molar-refractivity contribution is 6.33. The van der Waals surface area contributed by atoms with Gasteiger partial charge in [0.2, 0.25) is 0 Å². The molecule has 23 heavy (non-hydrogen) atoms. The molecule has 1 aliphatic rings. The van der Waals surface area contributed by atoms with Gasteiger partial charge in [-0.1, -0.05) is 23.2 Å². The molecule has 6 heteroatoms. The first-order valence-electron chi connectivity index (χ1n) is 7.39. The fraction of sp³-hybridized carbons (Fsp3) is 0.235. The summed E-state index contributed by atoms with van der Waals surface area (Å²) >= 11 is 12.1. The first kappa shape index (κ1) is 16.0. The lowest BCUT2D eigenvalue weighted by Crippen LogP contribution is -2.48. The topological polar surface area (TPSA) is 49.6 Å². The summed E-state index contributed by atoms with van der Waals surface area (Å²) in [6, 6.07) is 12.5. The maximum atomic E-state index is 12.5. The van der Waals surface area contributed by atoms with Crippen LogP contribution in [0.15, 0.2) is 42.5 Å². The second kappa shape index (κ2) is 6.69.